The summed E-state index contributed by atoms with van der Waals surface area (Å²) in [6, 6.07) is 19.6. The Balaban J connectivity index is 1.74. The minimum Gasteiger partial charge on any atom is -0.497 e. The molecule has 0 aliphatic rings. The first-order valence-electron chi connectivity index (χ1n) is 8.42. The lowest BCUT2D eigenvalue weighted by Crippen LogP contribution is -2.26. The van der Waals surface area contributed by atoms with Gasteiger partial charge in [-0.25, -0.2) is 0 Å². The molecule has 26 heavy (non-hydrogen) atoms. The number of hydrogen-bond donors (Lipinski definition) is 0. The van der Waals surface area contributed by atoms with Gasteiger partial charge in [0.25, 0.3) is 5.91 Å². The molecule has 1 heterocycles. The van der Waals surface area contributed by atoms with Crippen molar-refractivity contribution >= 4 is 33.3 Å². The lowest BCUT2D eigenvalue weighted by atomic mass is 10.1. The molecule has 1 aromatic heterocycles. The van der Waals surface area contributed by atoms with Crippen molar-refractivity contribution in [3.8, 4) is 5.75 Å². The number of carbonyl (C=O) groups excluding carboxylic acids is 1. The van der Waals surface area contributed by atoms with Crippen LogP contribution in [0.3, 0.4) is 0 Å². The van der Waals surface area contributed by atoms with Crippen LogP contribution in [0.25, 0.3) is 21.7 Å². The second kappa shape index (κ2) is 6.23. The minimum atomic E-state index is -0.173. The van der Waals surface area contributed by atoms with Crippen molar-refractivity contribution in [1.29, 1.82) is 0 Å². The molecule has 4 heteroatoms. The van der Waals surface area contributed by atoms with Crippen LogP contribution < -0.4 is 9.64 Å². The van der Waals surface area contributed by atoms with Gasteiger partial charge in [-0.3, -0.25) is 4.79 Å². The maximum Gasteiger partial charge on any atom is 0.294 e. The lowest BCUT2D eigenvalue weighted by Gasteiger charge is -2.17. The number of furan rings is 1. The highest BCUT2D eigenvalue weighted by molar-refractivity contribution is 6.08. The van der Waals surface area contributed by atoms with Crippen molar-refractivity contribution < 1.29 is 13.9 Å². The minimum absolute atomic E-state index is 0.173. The molecule has 0 saturated carbocycles. The van der Waals surface area contributed by atoms with E-state index in [1.807, 2.05) is 61.5 Å². The Hall–Kier alpha value is -3.27. The summed E-state index contributed by atoms with van der Waals surface area (Å²) < 4.78 is 11.1. The lowest BCUT2D eigenvalue weighted by molar-refractivity contribution is 0.0968. The summed E-state index contributed by atoms with van der Waals surface area (Å²) >= 11 is 0. The zero-order chi connectivity index (χ0) is 18.3. The predicted molar refractivity (Wildman–Crippen MR) is 104 cm³/mol. The van der Waals surface area contributed by atoms with Gasteiger partial charge in [-0.2, -0.15) is 0 Å². The van der Waals surface area contributed by atoms with Gasteiger partial charge in [0, 0.05) is 23.7 Å². The number of methoxy groups -OCH3 is 1. The first-order valence-corrected chi connectivity index (χ1v) is 8.42. The normalized spacial score (nSPS) is 11.0. The molecule has 0 N–H and O–H groups in total. The molecule has 0 bridgehead atoms. The molecule has 1 amide bonds. The molecule has 4 nitrogen and oxygen atoms in total. The number of benzene rings is 3. The third-order valence-corrected chi connectivity index (χ3v) is 4.76. The number of aryl methyl sites for hydroxylation is 1. The highest BCUT2D eigenvalue weighted by Crippen LogP contribution is 2.30. The largest absolute Gasteiger partial charge is 0.497 e. The van der Waals surface area contributed by atoms with E-state index in [2.05, 4.69) is 6.07 Å². The van der Waals surface area contributed by atoms with Crippen LogP contribution in [0.1, 0.15) is 16.1 Å². The summed E-state index contributed by atoms with van der Waals surface area (Å²) in [4.78, 5) is 14.6. The SMILES string of the molecule is COc1ccc2oc(C(=O)N(C)c3ccc4ccccc4c3)c(C)c2c1. The second-order valence-corrected chi connectivity index (χ2v) is 6.31. The molecule has 0 saturated heterocycles. The second-order valence-electron chi connectivity index (χ2n) is 6.31. The zero-order valence-electron chi connectivity index (χ0n) is 14.9. The summed E-state index contributed by atoms with van der Waals surface area (Å²) in [7, 11) is 3.38. The monoisotopic (exact) mass is 345 g/mol. The number of carbonyl (C=O) groups is 1. The molecule has 0 spiro atoms. The number of nitrogens with zero attached hydrogens (tertiary/aromatic N) is 1. The Morgan fingerprint density at radius 1 is 1.00 bits per heavy atom. The Morgan fingerprint density at radius 3 is 2.54 bits per heavy atom. The molecule has 3 aromatic carbocycles. The number of amides is 1. The van der Waals surface area contributed by atoms with Gasteiger partial charge >= 0.3 is 0 Å². The number of ether oxygens (including phenoxy) is 1. The van der Waals surface area contributed by atoms with E-state index in [0.717, 1.165) is 33.2 Å². The molecule has 0 radical (unpaired) electrons. The highest BCUT2D eigenvalue weighted by Gasteiger charge is 2.22. The van der Waals surface area contributed by atoms with Gasteiger partial charge in [0.1, 0.15) is 11.3 Å². The van der Waals surface area contributed by atoms with Crippen LogP contribution in [0.5, 0.6) is 5.75 Å². The fraction of sp³-hybridized carbons (Fsp3) is 0.136. The average Bonchev–Trinajstić information content (AvgIpc) is 3.02. The molecule has 0 fully saturated rings. The van der Waals surface area contributed by atoms with Crippen LogP contribution in [0.4, 0.5) is 5.69 Å². The maximum absolute atomic E-state index is 13.0. The van der Waals surface area contributed by atoms with Crippen molar-refractivity contribution in [1.82, 2.24) is 0 Å². The molecule has 0 unspecified atom stereocenters. The Morgan fingerprint density at radius 2 is 1.77 bits per heavy atom. The summed E-state index contributed by atoms with van der Waals surface area (Å²) in [5, 5.41) is 3.12. The van der Waals surface area contributed by atoms with Crippen LogP contribution in [-0.2, 0) is 0 Å². The molecule has 0 aliphatic carbocycles. The van der Waals surface area contributed by atoms with Crippen molar-refractivity contribution in [2.75, 3.05) is 19.1 Å². The average molecular weight is 345 g/mol. The van der Waals surface area contributed by atoms with Gasteiger partial charge in [0.05, 0.1) is 7.11 Å². The van der Waals surface area contributed by atoms with E-state index < -0.39 is 0 Å². The van der Waals surface area contributed by atoms with E-state index >= 15 is 0 Å². The van der Waals surface area contributed by atoms with E-state index in [1.165, 1.54) is 0 Å². The number of fused-ring (bicyclic) bond motifs is 2. The molecule has 0 aliphatic heterocycles. The van der Waals surface area contributed by atoms with Crippen LogP contribution in [0.2, 0.25) is 0 Å². The Labute approximate surface area is 151 Å². The summed E-state index contributed by atoms with van der Waals surface area (Å²) in [6.45, 7) is 1.90. The standard InChI is InChI=1S/C22H19NO3/c1-14-19-13-18(25-3)10-11-20(19)26-21(14)22(24)23(2)17-9-8-15-6-4-5-7-16(15)12-17/h4-13H,1-3H3. The molecule has 0 atom stereocenters. The van der Waals surface area contributed by atoms with E-state index in [1.54, 1.807) is 19.1 Å². The van der Waals surface area contributed by atoms with Gasteiger partial charge in [-0.1, -0.05) is 30.3 Å². The third-order valence-electron chi connectivity index (χ3n) is 4.76. The number of hydrogen-bond acceptors (Lipinski definition) is 3. The van der Waals surface area contributed by atoms with E-state index in [9.17, 15) is 4.79 Å². The van der Waals surface area contributed by atoms with Gasteiger partial charge < -0.3 is 14.1 Å². The first kappa shape index (κ1) is 16.2. The predicted octanol–water partition coefficient (Wildman–Crippen LogP) is 5.18. The topological polar surface area (TPSA) is 42.7 Å². The molecule has 4 rings (SSSR count). The fourth-order valence-corrected chi connectivity index (χ4v) is 3.19. The van der Waals surface area contributed by atoms with Gasteiger partial charge in [-0.05, 0) is 48.0 Å². The van der Waals surface area contributed by atoms with Crippen molar-refractivity contribution in [2.24, 2.45) is 0 Å². The maximum atomic E-state index is 13.0. The van der Waals surface area contributed by atoms with E-state index in [0.29, 0.717) is 11.3 Å². The van der Waals surface area contributed by atoms with Crippen molar-refractivity contribution in [3.05, 3.63) is 72.0 Å². The van der Waals surface area contributed by atoms with Crippen LogP contribution >= 0.6 is 0 Å². The summed E-state index contributed by atoms with van der Waals surface area (Å²) in [5.74, 6) is 0.917. The number of anilines is 1. The molecule has 4 aromatic rings. The highest BCUT2D eigenvalue weighted by atomic mass is 16.5. The van der Waals surface area contributed by atoms with Crippen LogP contribution in [0, 0.1) is 6.92 Å². The quantitative estimate of drug-likeness (QED) is 0.514. The van der Waals surface area contributed by atoms with Crippen LogP contribution in [-0.4, -0.2) is 20.1 Å². The zero-order valence-corrected chi connectivity index (χ0v) is 14.9. The fourth-order valence-electron chi connectivity index (χ4n) is 3.19. The summed E-state index contributed by atoms with van der Waals surface area (Å²) in [6.07, 6.45) is 0. The molecular formula is C22H19NO3. The Kier molecular flexibility index (Phi) is 3.88. The summed E-state index contributed by atoms with van der Waals surface area (Å²) in [5.41, 5.74) is 2.32. The molecule has 130 valence electrons. The van der Waals surface area contributed by atoms with Gasteiger partial charge in [0.2, 0.25) is 0 Å². The Bertz CT molecular complexity index is 1130. The van der Waals surface area contributed by atoms with E-state index in [-0.39, 0.29) is 5.91 Å². The van der Waals surface area contributed by atoms with Gasteiger partial charge in [-0.15, -0.1) is 0 Å². The smallest absolute Gasteiger partial charge is 0.294 e. The van der Waals surface area contributed by atoms with E-state index in [4.69, 9.17) is 9.15 Å². The van der Waals surface area contributed by atoms with Crippen LogP contribution in [0.15, 0.2) is 65.1 Å². The first-order chi connectivity index (χ1) is 12.6. The van der Waals surface area contributed by atoms with Crippen molar-refractivity contribution in [2.45, 2.75) is 6.92 Å². The third kappa shape index (κ3) is 2.60. The number of rotatable bonds is 3. The molecular weight excluding hydrogens is 326 g/mol. The van der Waals surface area contributed by atoms with Gasteiger partial charge in [0.15, 0.2) is 5.76 Å². The van der Waals surface area contributed by atoms with Crippen molar-refractivity contribution in [3.63, 3.8) is 0 Å².